The maximum atomic E-state index is 12.6. The molecule has 1 aliphatic rings. The maximum absolute atomic E-state index is 12.6. The third-order valence-corrected chi connectivity index (χ3v) is 6.93. The molecule has 0 aliphatic carbocycles. The molecule has 0 aromatic carbocycles. The Morgan fingerprint density at radius 3 is 2.91 bits per heavy atom. The van der Waals surface area contributed by atoms with Gasteiger partial charge in [0.1, 0.15) is 10.3 Å². The quantitative estimate of drug-likeness (QED) is 0.748. The molecule has 8 heteroatoms. The fourth-order valence-electron chi connectivity index (χ4n) is 2.54. The van der Waals surface area contributed by atoms with E-state index in [-0.39, 0.29) is 5.91 Å². The normalized spacial score (nSPS) is 19.7. The van der Waals surface area contributed by atoms with Gasteiger partial charge in [-0.15, -0.1) is 11.3 Å². The minimum Gasteiger partial charge on any atom is -0.355 e. The van der Waals surface area contributed by atoms with Crippen LogP contribution in [-0.2, 0) is 14.8 Å². The Hall–Kier alpha value is -0.960. The van der Waals surface area contributed by atoms with Crippen LogP contribution in [0.1, 0.15) is 19.3 Å². The number of carbonyl (C=O) groups is 1. The third kappa shape index (κ3) is 4.07. The molecule has 1 aromatic heterocycles. The zero-order chi connectivity index (χ0) is 16.2. The molecular weight excluding hydrogens is 322 g/mol. The summed E-state index contributed by atoms with van der Waals surface area (Å²) < 4.78 is 26.8. The van der Waals surface area contributed by atoms with E-state index in [1.165, 1.54) is 15.6 Å². The molecule has 1 unspecified atom stereocenters. The molecule has 124 valence electrons. The molecule has 0 saturated carbocycles. The molecule has 0 radical (unpaired) electrons. The number of carbonyl (C=O) groups excluding carboxylic acids is 1. The van der Waals surface area contributed by atoms with Gasteiger partial charge in [-0.25, -0.2) is 8.42 Å². The van der Waals surface area contributed by atoms with Gasteiger partial charge in [-0.3, -0.25) is 4.79 Å². The minimum absolute atomic E-state index is 0.184. The largest absolute Gasteiger partial charge is 0.355 e. The summed E-state index contributed by atoms with van der Waals surface area (Å²) >= 11 is 1.19. The average Bonchev–Trinajstić information content (AvgIpc) is 3.12. The monoisotopic (exact) mass is 345 g/mol. The Labute approximate surface area is 136 Å². The molecular formula is C14H23N3O3S2. The summed E-state index contributed by atoms with van der Waals surface area (Å²) in [4.78, 5) is 14.3. The molecule has 2 rings (SSSR count). The van der Waals surface area contributed by atoms with E-state index in [4.69, 9.17) is 0 Å². The Balaban J connectivity index is 1.97. The van der Waals surface area contributed by atoms with Crippen molar-refractivity contribution >= 4 is 27.3 Å². The van der Waals surface area contributed by atoms with Gasteiger partial charge in [0, 0.05) is 13.1 Å². The molecule has 1 atom stereocenters. The first-order chi connectivity index (χ1) is 10.4. The van der Waals surface area contributed by atoms with Crippen LogP contribution < -0.4 is 5.32 Å². The maximum Gasteiger partial charge on any atom is 0.253 e. The number of hydrogen-bond acceptors (Lipinski definition) is 5. The second-order valence-corrected chi connectivity index (χ2v) is 8.72. The average molecular weight is 345 g/mol. The van der Waals surface area contributed by atoms with E-state index >= 15 is 0 Å². The van der Waals surface area contributed by atoms with E-state index in [0.717, 1.165) is 19.4 Å². The molecule has 1 saturated heterocycles. The number of rotatable bonds is 7. The molecule has 1 aliphatic heterocycles. The van der Waals surface area contributed by atoms with Gasteiger partial charge in [0.2, 0.25) is 5.91 Å². The van der Waals surface area contributed by atoms with E-state index in [1.807, 2.05) is 14.1 Å². The van der Waals surface area contributed by atoms with E-state index in [1.54, 1.807) is 17.5 Å². The summed E-state index contributed by atoms with van der Waals surface area (Å²) in [6, 6.07) is 2.72. The zero-order valence-corrected chi connectivity index (χ0v) is 14.6. The summed E-state index contributed by atoms with van der Waals surface area (Å²) in [6.45, 7) is 1.87. The summed E-state index contributed by atoms with van der Waals surface area (Å²) in [6.07, 6.45) is 2.16. The predicted octanol–water partition coefficient (Wildman–Crippen LogP) is 0.969. The molecule has 1 N–H and O–H groups in total. The van der Waals surface area contributed by atoms with Gasteiger partial charge in [0.25, 0.3) is 10.0 Å². The van der Waals surface area contributed by atoms with Crippen LogP contribution in [0.3, 0.4) is 0 Å². The highest BCUT2D eigenvalue weighted by Crippen LogP contribution is 2.28. The standard InChI is InChI=1S/C14H23N3O3S2/c1-16(2)9-5-8-15-14(18)12-6-3-10-17(12)22(19,20)13-7-4-11-21-13/h4,7,11-12H,3,5-6,8-10H2,1-2H3,(H,15,18). The van der Waals surface area contributed by atoms with Crippen molar-refractivity contribution in [2.24, 2.45) is 0 Å². The van der Waals surface area contributed by atoms with Gasteiger partial charge in [0.15, 0.2) is 0 Å². The van der Waals surface area contributed by atoms with Crippen molar-refractivity contribution in [2.75, 3.05) is 33.7 Å². The number of nitrogens with zero attached hydrogens (tertiary/aromatic N) is 2. The van der Waals surface area contributed by atoms with Crippen molar-refractivity contribution in [3.8, 4) is 0 Å². The topological polar surface area (TPSA) is 69.7 Å². The second-order valence-electron chi connectivity index (χ2n) is 5.65. The van der Waals surface area contributed by atoms with Crippen molar-refractivity contribution in [1.82, 2.24) is 14.5 Å². The van der Waals surface area contributed by atoms with Crippen molar-refractivity contribution in [2.45, 2.75) is 29.5 Å². The second kappa shape index (κ2) is 7.54. The van der Waals surface area contributed by atoms with Crippen LogP contribution in [0.15, 0.2) is 21.7 Å². The lowest BCUT2D eigenvalue weighted by Gasteiger charge is -2.22. The van der Waals surface area contributed by atoms with Gasteiger partial charge in [-0.1, -0.05) is 6.07 Å². The first-order valence-corrected chi connectivity index (χ1v) is 9.72. The van der Waals surface area contributed by atoms with Crippen LogP contribution in [0, 0.1) is 0 Å². The smallest absolute Gasteiger partial charge is 0.253 e. The van der Waals surface area contributed by atoms with Gasteiger partial charge < -0.3 is 10.2 Å². The SMILES string of the molecule is CN(C)CCCNC(=O)C1CCCN1S(=O)(=O)c1cccs1. The summed E-state index contributed by atoms with van der Waals surface area (Å²) in [5.41, 5.74) is 0. The van der Waals surface area contributed by atoms with Crippen LogP contribution in [0.5, 0.6) is 0 Å². The Bertz CT molecular complexity index is 584. The minimum atomic E-state index is -3.55. The highest BCUT2D eigenvalue weighted by molar-refractivity contribution is 7.91. The van der Waals surface area contributed by atoms with Crippen molar-refractivity contribution < 1.29 is 13.2 Å². The number of sulfonamides is 1. The molecule has 6 nitrogen and oxygen atoms in total. The number of amides is 1. The van der Waals surface area contributed by atoms with E-state index in [2.05, 4.69) is 10.2 Å². The summed E-state index contributed by atoms with van der Waals surface area (Å²) in [5.74, 6) is -0.184. The number of nitrogens with one attached hydrogen (secondary N) is 1. The highest BCUT2D eigenvalue weighted by Gasteiger charge is 2.39. The van der Waals surface area contributed by atoms with Crippen molar-refractivity contribution in [3.63, 3.8) is 0 Å². The Morgan fingerprint density at radius 1 is 1.50 bits per heavy atom. The lowest BCUT2D eigenvalue weighted by atomic mass is 10.2. The molecule has 22 heavy (non-hydrogen) atoms. The molecule has 0 bridgehead atoms. The van der Waals surface area contributed by atoms with E-state index < -0.39 is 16.1 Å². The molecule has 0 spiro atoms. The number of hydrogen-bond donors (Lipinski definition) is 1. The van der Waals surface area contributed by atoms with Gasteiger partial charge in [-0.2, -0.15) is 4.31 Å². The lowest BCUT2D eigenvalue weighted by molar-refractivity contribution is -0.124. The first kappa shape index (κ1) is 17.4. The van der Waals surface area contributed by atoms with Crippen LogP contribution in [-0.4, -0.2) is 63.3 Å². The van der Waals surface area contributed by atoms with E-state index in [0.29, 0.717) is 23.7 Å². The molecule has 1 amide bonds. The highest BCUT2D eigenvalue weighted by atomic mass is 32.2. The Kier molecular flexibility index (Phi) is 5.96. The summed E-state index contributed by atoms with van der Waals surface area (Å²) in [5, 5.41) is 4.59. The molecule has 1 fully saturated rings. The third-order valence-electron chi connectivity index (χ3n) is 3.65. The van der Waals surface area contributed by atoms with Crippen LogP contribution >= 0.6 is 11.3 Å². The zero-order valence-electron chi connectivity index (χ0n) is 13.0. The van der Waals surface area contributed by atoms with Crippen molar-refractivity contribution in [1.29, 1.82) is 0 Å². The first-order valence-electron chi connectivity index (χ1n) is 7.40. The molecule has 1 aromatic rings. The van der Waals surface area contributed by atoms with Crippen LogP contribution in [0.4, 0.5) is 0 Å². The summed E-state index contributed by atoms with van der Waals surface area (Å²) in [7, 11) is 0.410. The van der Waals surface area contributed by atoms with Gasteiger partial charge in [0.05, 0.1) is 0 Å². The van der Waals surface area contributed by atoms with Gasteiger partial charge in [-0.05, 0) is 51.3 Å². The predicted molar refractivity (Wildman–Crippen MR) is 87.4 cm³/mol. The number of thiophene rings is 1. The van der Waals surface area contributed by atoms with Crippen molar-refractivity contribution in [3.05, 3.63) is 17.5 Å². The fourth-order valence-corrected chi connectivity index (χ4v) is 5.32. The Morgan fingerprint density at radius 2 is 2.27 bits per heavy atom. The van der Waals surface area contributed by atoms with Crippen LogP contribution in [0.25, 0.3) is 0 Å². The molecule has 2 heterocycles. The van der Waals surface area contributed by atoms with Gasteiger partial charge >= 0.3 is 0 Å². The lowest BCUT2D eigenvalue weighted by Crippen LogP contribution is -2.46. The van der Waals surface area contributed by atoms with E-state index in [9.17, 15) is 13.2 Å². The fraction of sp³-hybridized carbons (Fsp3) is 0.643. The van der Waals surface area contributed by atoms with Crippen LogP contribution in [0.2, 0.25) is 0 Å².